The van der Waals surface area contributed by atoms with Crippen molar-refractivity contribution < 1.29 is 31.1 Å². The van der Waals surface area contributed by atoms with Crippen molar-refractivity contribution in [2.24, 2.45) is 0 Å². The molecule has 0 unspecified atom stereocenters. The molecule has 0 fully saturated rings. The number of nitrogens with one attached hydrogen (secondary N) is 1. The standard InChI is InChI=1S/C17H12ClF3N2O4S/c18-14-7-11(17(19,20)21)2-3-13(14)10-1-4-15(23(25)8-10)16(24)22-12-5-6-28(26,27)9-12/h1-8,12H,9H2,(H,22,24)/t12-/m1/s1. The van der Waals surface area contributed by atoms with Gasteiger partial charge in [-0.1, -0.05) is 17.7 Å². The van der Waals surface area contributed by atoms with Crippen LogP contribution in [0, 0.1) is 5.21 Å². The fourth-order valence-electron chi connectivity index (χ4n) is 2.65. The summed E-state index contributed by atoms with van der Waals surface area (Å²) in [6.07, 6.45) is -2.24. The van der Waals surface area contributed by atoms with Crippen LogP contribution in [0.5, 0.6) is 0 Å². The van der Waals surface area contributed by atoms with Gasteiger partial charge in [0, 0.05) is 27.6 Å². The summed E-state index contributed by atoms with van der Waals surface area (Å²) in [7, 11) is -3.37. The second-order valence-electron chi connectivity index (χ2n) is 6.06. The highest BCUT2D eigenvalue weighted by atomic mass is 35.5. The molecule has 11 heteroatoms. The van der Waals surface area contributed by atoms with Crippen LogP contribution in [0.15, 0.2) is 48.0 Å². The Labute approximate surface area is 162 Å². The molecule has 0 spiro atoms. The van der Waals surface area contributed by atoms with Gasteiger partial charge in [0.2, 0.25) is 0 Å². The molecule has 2 aromatic rings. The lowest BCUT2D eigenvalue weighted by molar-refractivity contribution is -0.607. The average Bonchev–Trinajstić information content (AvgIpc) is 2.92. The number of aromatic nitrogens is 1. The van der Waals surface area contributed by atoms with Gasteiger partial charge in [-0.05, 0) is 24.3 Å². The van der Waals surface area contributed by atoms with Crippen molar-refractivity contribution in [3.63, 3.8) is 0 Å². The van der Waals surface area contributed by atoms with Crippen molar-refractivity contribution in [2.45, 2.75) is 12.2 Å². The first-order valence-corrected chi connectivity index (χ1v) is 9.88. The summed E-state index contributed by atoms with van der Waals surface area (Å²) in [6.45, 7) is 0. The Bertz CT molecular complexity index is 1080. The molecule has 1 atom stereocenters. The molecule has 0 aliphatic carbocycles. The average molecular weight is 433 g/mol. The fraction of sp³-hybridized carbons (Fsp3) is 0.176. The lowest BCUT2D eigenvalue weighted by Crippen LogP contribution is -2.43. The number of alkyl halides is 3. The van der Waals surface area contributed by atoms with E-state index in [9.17, 15) is 31.6 Å². The van der Waals surface area contributed by atoms with Crippen LogP contribution in [0.1, 0.15) is 16.1 Å². The van der Waals surface area contributed by atoms with E-state index < -0.39 is 33.5 Å². The number of carbonyl (C=O) groups excluding carboxylic acids is 1. The van der Waals surface area contributed by atoms with E-state index in [-0.39, 0.29) is 32.3 Å². The van der Waals surface area contributed by atoms with Gasteiger partial charge < -0.3 is 10.5 Å². The second-order valence-corrected chi connectivity index (χ2v) is 8.40. The van der Waals surface area contributed by atoms with Crippen LogP contribution in [-0.2, 0) is 16.0 Å². The maximum atomic E-state index is 12.7. The predicted molar refractivity (Wildman–Crippen MR) is 95.0 cm³/mol. The Morgan fingerprint density at radius 1 is 1.25 bits per heavy atom. The molecule has 1 N–H and O–H groups in total. The zero-order chi connectivity index (χ0) is 20.7. The SMILES string of the molecule is O=C(N[C@@H]1C=CS(=O)(=O)C1)c1ccc(-c2ccc(C(F)(F)F)cc2Cl)c[n+]1[O-]. The van der Waals surface area contributed by atoms with Gasteiger partial charge in [-0.25, -0.2) is 8.42 Å². The molecule has 0 saturated carbocycles. The number of halogens is 4. The number of benzene rings is 1. The van der Waals surface area contributed by atoms with Crippen LogP contribution in [-0.4, -0.2) is 26.1 Å². The highest BCUT2D eigenvalue weighted by Crippen LogP contribution is 2.35. The minimum Gasteiger partial charge on any atom is -0.618 e. The van der Waals surface area contributed by atoms with Crippen molar-refractivity contribution in [3.05, 3.63) is 69.5 Å². The molecule has 1 aromatic carbocycles. The van der Waals surface area contributed by atoms with E-state index in [1.54, 1.807) is 0 Å². The highest BCUT2D eigenvalue weighted by Gasteiger charge is 2.31. The number of carbonyl (C=O) groups is 1. The molecule has 28 heavy (non-hydrogen) atoms. The van der Waals surface area contributed by atoms with Crippen LogP contribution in [0.25, 0.3) is 11.1 Å². The molecular formula is C17H12ClF3N2O4S. The van der Waals surface area contributed by atoms with Gasteiger partial charge in [0.15, 0.2) is 16.0 Å². The van der Waals surface area contributed by atoms with E-state index in [2.05, 4.69) is 5.32 Å². The first-order chi connectivity index (χ1) is 13.0. The van der Waals surface area contributed by atoms with Crippen LogP contribution in [0.2, 0.25) is 5.02 Å². The molecule has 1 amide bonds. The largest absolute Gasteiger partial charge is 0.618 e. The molecule has 0 radical (unpaired) electrons. The first kappa shape index (κ1) is 20.2. The first-order valence-electron chi connectivity index (χ1n) is 7.78. The third-order valence-corrected chi connectivity index (χ3v) is 5.71. The van der Waals surface area contributed by atoms with Gasteiger partial charge in [0.25, 0.3) is 5.69 Å². The summed E-state index contributed by atoms with van der Waals surface area (Å²) in [4.78, 5) is 12.2. The minimum absolute atomic E-state index is 0.191. The lowest BCUT2D eigenvalue weighted by atomic mass is 10.0. The number of pyridine rings is 1. The Morgan fingerprint density at radius 2 is 1.96 bits per heavy atom. The number of amides is 1. The normalized spacial score (nSPS) is 18.2. The monoisotopic (exact) mass is 432 g/mol. The number of nitrogens with zero attached hydrogens (tertiary/aromatic N) is 1. The summed E-state index contributed by atoms with van der Waals surface area (Å²) in [5.41, 5.74) is -0.819. The van der Waals surface area contributed by atoms with Crippen LogP contribution in [0.4, 0.5) is 13.2 Å². The smallest absolute Gasteiger partial charge is 0.416 e. The molecular weight excluding hydrogens is 421 g/mol. The van der Waals surface area contributed by atoms with E-state index in [0.29, 0.717) is 0 Å². The summed E-state index contributed by atoms with van der Waals surface area (Å²) in [6, 6.07) is 4.51. The summed E-state index contributed by atoms with van der Waals surface area (Å²) in [5.74, 6) is -1.08. The van der Waals surface area contributed by atoms with Crippen molar-refractivity contribution in [2.75, 3.05) is 5.75 Å². The maximum Gasteiger partial charge on any atom is 0.416 e. The fourth-order valence-corrected chi connectivity index (χ4v) is 4.17. The topological polar surface area (TPSA) is 90.2 Å². The van der Waals surface area contributed by atoms with Crippen molar-refractivity contribution in [1.82, 2.24) is 5.32 Å². The molecule has 1 aliphatic heterocycles. The third-order valence-electron chi connectivity index (χ3n) is 4.00. The number of sulfone groups is 1. The van der Waals surface area contributed by atoms with Gasteiger partial charge in [-0.15, -0.1) is 0 Å². The van der Waals surface area contributed by atoms with E-state index in [4.69, 9.17) is 11.6 Å². The highest BCUT2D eigenvalue weighted by molar-refractivity contribution is 7.94. The third kappa shape index (κ3) is 4.28. The van der Waals surface area contributed by atoms with Gasteiger partial charge >= 0.3 is 12.1 Å². The molecule has 1 aromatic heterocycles. The Kier molecular flexibility index (Phi) is 5.11. The lowest BCUT2D eigenvalue weighted by Gasteiger charge is -2.12. The Balaban J connectivity index is 1.83. The summed E-state index contributed by atoms with van der Waals surface area (Å²) in [5, 5.41) is 15.4. The van der Waals surface area contributed by atoms with Crippen molar-refractivity contribution >= 4 is 27.3 Å². The molecule has 148 valence electrons. The van der Waals surface area contributed by atoms with E-state index >= 15 is 0 Å². The molecule has 2 heterocycles. The zero-order valence-corrected chi connectivity index (χ0v) is 15.5. The number of hydrogen-bond acceptors (Lipinski definition) is 4. The van der Waals surface area contributed by atoms with Gasteiger partial charge in [0.05, 0.1) is 17.4 Å². The number of rotatable bonds is 3. The Hall–Kier alpha value is -2.59. The van der Waals surface area contributed by atoms with Crippen LogP contribution >= 0.6 is 11.6 Å². The quantitative estimate of drug-likeness (QED) is 0.596. The zero-order valence-electron chi connectivity index (χ0n) is 13.9. The van der Waals surface area contributed by atoms with E-state index in [0.717, 1.165) is 29.8 Å². The van der Waals surface area contributed by atoms with Crippen molar-refractivity contribution in [1.29, 1.82) is 0 Å². The minimum atomic E-state index is -4.55. The van der Waals surface area contributed by atoms with Gasteiger partial charge in [0.1, 0.15) is 0 Å². The van der Waals surface area contributed by atoms with Crippen molar-refractivity contribution in [3.8, 4) is 11.1 Å². The molecule has 0 bridgehead atoms. The second kappa shape index (κ2) is 7.10. The molecule has 3 rings (SSSR count). The molecule has 0 saturated heterocycles. The summed E-state index contributed by atoms with van der Waals surface area (Å²) < 4.78 is 61.1. The van der Waals surface area contributed by atoms with E-state index in [1.165, 1.54) is 18.2 Å². The summed E-state index contributed by atoms with van der Waals surface area (Å²) >= 11 is 5.91. The Morgan fingerprint density at radius 3 is 2.50 bits per heavy atom. The predicted octanol–water partition coefficient (Wildman–Crippen LogP) is 2.70. The van der Waals surface area contributed by atoms with Gasteiger partial charge in [-0.3, -0.25) is 4.79 Å². The van der Waals surface area contributed by atoms with Crippen LogP contribution in [0.3, 0.4) is 0 Å². The molecule has 1 aliphatic rings. The number of hydrogen-bond donors (Lipinski definition) is 1. The van der Waals surface area contributed by atoms with Crippen LogP contribution < -0.4 is 10.0 Å². The van der Waals surface area contributed by atoms with E-state index in [1.807, 2.05) is 0 Å². The molecule has 6 nitrogen and oxygen atoms in total. The maximum absolute atomic E-state index is 12.7. The van der Waals surface area contributed by atoms with Gasteiger partial charge in [-0.2, -0.15) is 17.9 Å².